The molecule has 8 nitrogen and oxygen atoms in total. The maximum absolute atomic E-state index is 10.0. The third-order valence-electron chi connectivity index (χ3n) is 9.59. The number of hydrogen-bond donors (Lipinski definition) is 0. The number of aromatic nitrogens is 4. The summed E-state index contributed by atoms with van der Waals surface area (Å²) in [7, 11) is 0. The van der Waals surface area contributed by atoms with Gasteiger partial charge in [0.05, 0.1) is 22.8 Å². The van der Waals surface area contributed by atoms with E-state index < -0.39 is 0 Å². The molecule has 2 heterocycles. The lowest BCUT2D eigenvalue weighted by Crippen LogP contribution is -2.42. The Balaban J connectivity index is 1.84. The average molecular weight is 633 g/mol. The first-order chi connectivity index (χ1) is 22.8. The molecule has 0 N–H and O–H groups in total. The van der Waals surface area contributed by atoms with Gasteiger partial charge in [0.15, 0.2) is 22.8 Å². The lowest BCUT2D eigenvalue weighted by molar-refractivity contribution is 0.216. The first-order valence-electron chi connectivity index (χ1n) is 16.4. The molecule has 1 saturated carbocycles. The third-order valence-corrected chi connectivity index (χ3v) is 9.59. The lowest BCUT2D eigenvalue weighted by Gasteiger charge is -2.53. The summed E-state index contributed by atoms with van der Waals surface area (Å²) < 4.78 is 0. The van der Waals surface area contributed by atoms with E-state index in [1.54, 1.807) is 0 Å². The minimum Gasteiger partial charge on any atom is -0.237 e. The van der Waals surface area contributed by atoms with E-state index in [1.165, 1.54) is 11.1 Å². The zero-order chi connectivity index (χ0) is 35.0. The van der Waals surface area contributed by atoms with Gasteiger partial charge in [0, 0.05) is 23.7 Å². The third kappa shape index (κ3) is 6.03. The predicted molar refractivity (Wildman–Crippen MR) is 183 cm³/mol. The van der Waals surface area contributed by atoms with Crippen LogP contribution in [0.4, 0.5) is 0 Å². The highest BCUT2D eigenvalue weighted by Crippen LogP contribution is 2.66. The van der Waals surface area contributed by atoms with Crippen LogP contribution >= 0.6 is 0 Å². The SMILES string of the molecule is CCc1nc(C#N)c(C#N)nc1C1C(c2ccc(C(C)(C)C)cc2)C(c2nc(C#N)c(C#N)nc2CC)C1c1ccc(C(C)(C)C)cc1. The van der Waals surface area contributed by atoms with Gasteiger partial charge >= 0.3 is 0 Å². The van der Waals surface area contributed by atoms with Gasteiger partial charge in [-0.05, 0) is 45.9 Å². The standard InChI is InChI=1S/C40H40N8/c1-9-27-37(47-31(21-43)29(19-41)45-27)35-33(23-11-15-25(16-12-23)39(3,4)5)36(34(35)24-13-17-26(18-14-24)40(6,7)8)38-28(10-2)46-30(20-42)32(22-44)48-38/h11-18,33-36H,9-10H2,1-8H3. The summed E-state index contributed by atoms with van der Waals surface area (Å²) in [6.45, 7) is 17.1. The fourth-order valence-electron chi connectivity index (χ4n) is 7.00. The second-order valence-electron chi connectivity index (χ2n) is 14.5. The summed E-state index contributed by atoms with van der Waals surface area (Å²) in [5, 5.41) is 39.6. The van der Waals surface area contributed by atoms with Crippen molar-refractivity contribution in [2.75, 3.05) is 0 Å². The van der Waals surface area contributed by atoms with E-state index >= 15 is 0 Å². The molecule has 0 amide bonds. The fourth-order valence-corrected chi connectivity index (χ4v) is 7.00. The predicted octanol–water partition coefficient (Wildman–Crippen LogP) is 7.92. The van der Waals surface area contributed by atoms with Crippen LogP contribution in [-0.2, 0) is 23.7 Å². The highest BCUT2D eigenvalue weighted by atomic mass is 14.9. The Morgan fingerprint density at radius 1 is 0.479 bits per heavy atom. The molecule has 8 heteroatoms. The molecule has 2 aromatic carbocycles. The van der Waals surface area contributed by atoms with Crippen molar-refractivity contribution in [1.29, 1.82) is 21.0 Å². The average Bonchev–Trinajstić information content (AvgIpc) is 3.06. The molecule has 0 saturated heterocycles. The summed E-state index contributed by atoms with van der Waals surface area (Å²) in [6, 6.07) is 25.6. The summed E-state index contributed by atoms with van der Waals surface area (Å²) >= 11 is 0. The van der Waals surface area contributed by atoms with Crippen molar-refractivity contribution in [2.24, 2.45) is 0 Å². The highest BCUT2D eigenvalue weighted by Gasteiger charge is 2.56. The molecule has 0 bridgehead atoms. The van der Waals surface area contributed by atoms with Gasteiger partial charge in [0.1, 0.15) is 24.3 Å². The van der Waals surface area contributed by atoms with E-state index in [0.717, 1.165) is 11.1 Å². The molecule has 1 aliphatic carbocycles. The first kappa shape index (κ1) is 33.9. The van der Waals surface area contributed by atoms with Gasteiger partial charge in [-0.25, -0.2) is 19.9 Å². The minimum atomic E-state index is -0.231. The normalized spacial score (nSPS) is 18.9. The number of aryl methyl sites for hydroxylation is 2. The number of rotatable bonds is 6. The molecule has 2 aromatic heterocycles. The zero-order valence-corrected chi connectivity index (χ0v) is 28.9. The van der Waals surface area contributed by atoms with Crippen molar-refractivity contribution in [3.63, 3.8) is 0 Å². The fraction of sp³-hybridized carbons (Fsp3) is 0.400. The zero-order valence-electron chi connectivity index (χ0n) is 28.9. The van der Waals surface area contributed by atoms with Crippen LogP contribution in [0, 0.1) is 45.3 Å². The van der Waals surface area contributed by atoms with E-state index in [2.05, 4.69) is 124 Å². The molecule has 0 atom stereocenters. The van der Waals surface area contributed by atoms with Crippen molar-refractivity contribution < 1.29 is 0 Å². The van der Waals surface area contributed by atoms with Crippen molar-refractivity contribution in [2.45, 2.75) is 103 Å². The molecule has 240 valence electrons. The van der Waals surface area contributed by atoms with Gasteiger partial charge in [0.25, 0.3) is 0 Å². The van der Waals surface area contributed by atoms with Gasteiger partial charge in [-0.3, -0.25) is 0 Å². The second-order valence-corrected chi connectivity index (χ2v) is 14.5. The van der Waals surface area contributed by atoms with Gasteiger partial charge in [0.2, 0.25) is 0 Å². The van der Waals surface area contributed by atoms with E-state index in [0.29, 0.717) is 35.6 Å². The van der Waals surface area contributed by atoms with Crippen molar-refractivity contribution in [3.8, 4) is 24.3 Å². The first-order valence-corrected chi connectivity index (χ1v) is 16.4. The van der Waals surface area contributed by atoms with Crippen molar-refractivity contribution >= 4 is 0 Å². The van der Waals surface area contributed by atoms with Gasteiger partial charge in [-0.15, -0.1) is 0 Å². The Kier molecular flexibility index (Phi) is 9.17. The maximum Gasteiger partial charge on any atom is 0.177 e. The van der Waals surface area contributed by atoms with E-state index in [4.69, 9.17) is 9.97 Å². The molecule has 0 aliphatic heterocycles. The monoisotopic (exact) mass is 632 g/mol. The molecule has 1 fully saturated rings. The molecule has 5 rings (SSSR count). The Morgan fingerprint density at radius 3 is 1.02 bits per heavy atom. The van der Waals surface area contributed by atoms with E-state index in [-0.39, 0.29) is 57.3 Å². The largest absolute Gasteiger partial charge is 0.237 e. The van der Waals surface area contributed by atoms with Crippen LogP contribution in [0.1, 0.15) is 147 Å². The molecular formula is C40H40N8. The van der Waals surface area contributed by atoms with Gasteiger partial charge in [-0.2, -0.15) is 21.0 Å². The van der Waals surface area contributed by atoms with Gasteiger partial charge < -0.3 is 0 Å². The van der Waals surface area contributed by atoms with Crippen LogP contribution in [0.3, 0.4) is 0 Å². The van der Waals surface area contributed by atoms with Crippen LogP contribution in [0.25, 0.3) is 0 Å². The van der Waals surface area contributed by atoms with Crippen molar-refractivity contribution in [1.82, 2.24) is 19.9 Å². The smallest absolute Gasteiger partial charge is 0.177 e. The number of nitrogens with zero attached hydrogens (tertiary/aromatic N) is 8. The highest BCUT2D eigenvalue weighted by molar-refractivity contribution is 5.51. The minimum absolute atomic E-state index is 0.0102. The molecule has 48 heavy (non-hydrogen) atoms. The molecular weight excluding hydrogens is 592 g/mol. The number of hydrogen-bond acceptors (Lipinski definition) is 8. The van der Waals surface area contributed by atoms with Crippen LogP contribution < -0.4 is 0 Å². The molecule has 1 aliphatic rings. The topological polar surface area (TPSA) is 147 Å². The van der Waals surface area contributed by atoms with Crippen LogP contribution in [-0.4, -0.2) is 19.9 Å². The summed E-state index contributed by atoms with van der Waals surface area (Å²) in [4.78, 5) is 19.1. The van der Waals surface area contributed by atoms with Crippen LogP contribution in [0.2, 0.25) is 0 Å². The molecule has 0 spiro atoms. The lowest BCUT2D eigenvalue weighted by atomic mass is 9.50. The maximum atomic E-state index is 10.0. The summed E-state index contributed by atoms with van der Waals surface area (Å²) in [5.41, 5.74) is 7.27. The Labute approximate surface area is 283 Å². The second kappa shape index (κ2) is 13.0. The van der Waals surface area contributed by atoms with Crippen molar-refractivity contribution in [3.05, 3.63) is 116 Å². The van der Waals surface area contributed by atoms with E-state index in [9.17, 15) is 21.0 Å². The Hall–Kier alpha value is -5.44. The van der Waals surface area contributed by atoms with E-state index in [1.807, 2.05) is 13.8 Å². The quantitative estimate of drug-likeness (QED) is 0.208. The summed E-state index contributed by atoms with van der Waals surface area (Å²) in [5.74, 6) is -0.814. The molecule has 0 radical (unpaired) electrons. The Morgan fingerprint density at radius 2 is 0.771 bits per heavy atom. The molecule has 0 unspecified atom stereocenters. The van der Waals surface area contributed by atoms with Crippen LogP contribution in [0.15, 0.2) is 48.5 Å². The number of benzene rings is 2. The molecule has 4 aromatic rings. The number of nitriles is 4. The summed E-state index contributed by atoms with van der Waals surface area (Å²) in [6.07, 6.45) is 1.06. The van der Waals surface area contributed by atoms with Crippen LogP contribution in [0.5, 0.6) is 0 Å². The Bertz CT molecular complexity index is 1860. The van der Waals surface area contributed by atoms with Gasteiger partial charge in [-0.1, -0.05) is 104 Å².